The third-order valence-corrected chi connectivity index (χ3v) is 3.83. The number of rotatable bonds is 4. The zero-order valence-corrected chi connectivity index (χ0v) is 10.6. The van der Waals surface area contributed by atoms with Crippen LogP contribution in [0.5, 0.6) is 0 Å². The molecule has 76 valence electrons. The van der Waals surface area contributed by atoms with Crippen molar-refractivity contribution in [1.29, 1.82) is 0 Å². The molecule has 0 unspecified atom stereocenters. The van der Waals surface area contributed by atoms with Crippen LogP contribution in [0.2, 0.25) is 10.6 Å². The zero-order chi connectivity index (χ0) is 10.9. The number of carboxylic acid groups (broad SMARTS) is 1. The molecule has 0 aliphatic carbocycles. The summed E-state index contributed by atoms with van der Waals surface area (Å²) < 4.78 is 0. The predicted octanol–water partition coefficient (Wildman–Crippen LogP) is 1.60. The average Bonchev–Trinajstić information content (AvgIpc) is 1.83. The molecule has 0 fully saturated rings. The van der Waals surface area contributed by atoms with Crippen molar-refractivity contribution >= 4 is 21.2 Å². The fourth-order valence-corrected chi connectivity index (χ4v) is 2.29. The molecule has 0 aromatic rings. The van der Waals surface area contributed by atoms with E-state index in [0.717, 1.165) is 34.0 Å². The molecular weight excluding hydrogens is 179 g/mol. The Morgan fingerprint density at radius 1 is 1.15 bits per heavy atom. The van der Waals surface area contributed by atoms with Crippen LogP contribution >= 0.6 is 0 Å². The quantitative estimate of drug-likeness (QED) is 0.647. The first-order valence-electron chi connectivity index (χ1n) is 4.85. The van der Waals surface area contributed by atoms with Crippen LogP contribution in [0.15, 0.2) is 0 Å². The number of carboxylic acids is 1. The average molecular weight is 200 g/mol. The van der Waals surface area contributed by atoms with Crippen molar-refractivity contribution in [2.75, 3.05) is 0 Å². The van der Waals surface area contributed by atoms with Crippen LogP contribution in [0.3, 0.4) is 0 Å². The Labute approximate surface area is 88.4 Å². The molecule has 0 aromatic heterocycles. The third kappa shape index (κ3) is 33.3. The van der Waals surface area contributed by atoms with Crippen LogP contribution < -0.4 is 5.11 Å². The van der Waals surface area contributed by atoms with E-state index in [1.807, 2.05) is 0 Å². The van der Waals surface area contributed by atoms with E-state index in [0.29, 0.717) is 0 Å². The van der Waals surface area contributed by atoms with Gasteiger partial charge in [0.1, 0.15) is 0 Å². The molecule has 0 saturated carbocycles. The summed E-state index contributed by atoms with van der Waals surface area (Å²) in [5.41, 5.74) is 0. The predicted molar refractivity (Wildman–Crippen MR) is 55.7 cm³/mol. The summed E-state index contributed by atoms with van der Waals surface area (Å²) in [7, 11) is 0. The molecular formula is C10H21AlO2. The first-order chi connectivity index (χ1) is 5.86. The molecule has 13 heavy (non-hydrogen) atoms. The Morgan fingerprint density at radius 2 is 1.38 bits per heavy atom. The van der Waals surface area contributed by atoms with Gasteiger partial charge in [0, 0.05) is 5.97 Å². The topological polar surface area (TPSA) is 40.1 Å². The summed E-state index contributed by atoms with van der Waals surface area (Å²) in [5.74, 6) is 0.775. The second-order valence-corrected chi connectivity index (χ2v) is 5.56. The van der Waals surface area contributed by atoms with Gasteiger partial charge in [0.15, 0.2) is 0 Å². The van der Waals surface area contributed by atoms with Crippen molar-refractivity contribution in [2.24, 2.45) is 11.8 Å². The molecule has 2 nitrogen and oxygen atoms in total. The monoisotopic (exact) mass is 200 g/mol. The van der Waals surface area contributed by atoms with Gasteiger partial charge in [0.2, 0.25) is 0 Å². The van der Waals surface area contributed by atoms with E-state index in [9.17, 15) is 0 Å². The van der Waals surface area contributed by atoms with E-state index in [1.165, 1.54) is 10.6 Å². The van der Waals surface area contributed by atoms with Gasteiger partial charge in [-0.05, 0) is 6.92 Å². The summed E-state index contributed by atoms with van der Waals surface area (Å²) in [6, 6.07) is 0. The van der Waals surface area contributed by atoms with Crippen molar-refractivity contribution in [2.45, 2.75) is 45.2 Å². The Bertz CT molecular complexity index is 110. The number of carbonyl (C=O) groups is 1. The summed E-state index contributed by atoms with van der Waals surface area (Å²) in [4.78, 5) is 8.89. The maximum atomic E-state index is 8.89. The molecule has 0 aliphatic rings. The van der Waals surface area contributed by atoms with Crippen LogP contribution in [0.1, 0.15) is 34.6 Å². The van der Waals surface area contributed by atoms with E-state index in [1.54, 1.807) is 0 Å². The summed E-state index contributed by atoms with van der Waals surface area (Å²) in [6.45, 7) is 10.2. The van der Waals surface area contributed by atoms with Gasteiger partial charge in [-0.3, -0.25) is 0 Å². The molecule has 0 N–H and O–H groups in total. The van der Waals surface area contributed by atoms with E-state index in [-0.39, 0.29) is 0 Å². The molecule has 0 amide bonds. The van der Waals surface area contributed by atoms with Crippen LogP contribution in [-0.4, -0.2) is 21.2 Å². The molecule has 0 aromatic carbocycles. The molecule has 0 heterocycles. The number of hydrogen-bond acceptors (Lipinski definition) is 2. The Balaban J connectivity index is 0. The summed E-state index contributed by atoms with van der Waals surface area (Å²) in [5, 5.41) is 11.9. The van der Waals surface area contributed by atoms with E-state index < -0.39 is 5.97 Å². The minimum absolute atomic E-state index is 0.755. The first-order valence-corrected chi connectivity index (χ1v) is 6.48. The van der Waals surface area contributed by atoms with E-state index >= 15 is 0 Å². The van der Waals surface area contributed by atoms with E-state index in [4.69, 9.17) is 9.90 Å². The number of aliphatic carboxylic acids is 1. The van der Waals surface area contributed by atoms with Crippen molar-refractivity contribution in [3.63, 3.8) is 0 Å². The van der Waals surface area contributed by atoms with Gasteiger partial charge in [-0.2, -0.15) is 0 Å². The number of hydrogen-bond donors (Lipinski definition) is 0. The maximum absolute atomic E-state index is 8.89. The van der Waals surface area contributed by atoms with Crippen LogP contribution in [0, 0.1) is 11.8 Å². The van der Waals surface area contributed by atoms with Crippen molar-refractivity contribution in [3.05, 3.63) is 0 Å². The fourth-order valence-electron chi connectivity index (χ4n) is 0.763. The first kappa shape index (κ1) is 15.5. The second-order valence-electron chi connectivity index (χ2n) is 4.04. The SMILES string of the molecule is CC(=O)[O-].CC(C)[CH2][Al+][CH2]C(C)C. The second kappa shape index (κ2) is 10.1. The van der Waals surface area contributed by atoms with Gasteiger partial charge in [0.25, 0.3) is 0 Å². The van der Waals surface area contributed by atoms with Crippen LogP contribution in [0.25, 0.3) is 0 Å². The molecule has 0 atom stereocenters. The van der Waals surface area contributed by atoms with Crippen LogP contribution in [-0.2, 0) is 4.79 Å². The van der Waals surface area contributed by atoms with Gasteiger partial charge in [0.05, 0.1) is 0 Å². The van der Waals surface area contributed by atoms with Gasteiger partial charge >= 0.3 is 65.3 Å². The van der Waals surface area contributed by atoms with Crippen molar-refractivity contribution < 1.29 is 9.90 Å². The molecule has 0 radical (unpaired) electrons. The van der Waals surface area contributed by atoms with Crippen molar-refractivity contribution in [1.82, 2.24) is 0 Å². The third-order valence-electron chi connectivity index (χ3n) is 1.28. The number of carbonyl (C=O) groups excluding carboxylic acids is 1. The molecule has 0 rings (SSSR count). The Kier molecular flexibility index (Phi) is 12.0. The van der Waals surface area contributed by atoms with Gasteiger partial charge in [-0.1, -0.05) is 0 Å². The molecule has 0 saturated heterocycles. The van der Waals surface area contributed by atoms with Crippen molar-refractivity contribution in [3.8, 4) is 0 Å². The van der Waals surface area contributed by atoms with Gasteiger partial charge in [-0.15, -0.1) is 0 Å². The molecule has 0 aliphatic heterocycles. The molecule has 0 bridgehead atoms. The Hall–Kier alpha value is 0.00247. The fraction of sp³-hybridized carbons (Fsp3) is 0.900. The van der Waals surface area contributed by atoms with Gasteiger partial charge in [-0.25, -0.2) is 0 Å². The van der Waals surface area contributed by atoms with Gasteiger partial charge < -0.3 is 9.90 Å². The zero-order valence-electron chi connectivity index (χ0n) is 9.46. The normalized spacial score (nSPS) is 9.15. The standard InChI is InChI=1S/2C4H9.C2H4O2.Al/c2*1-4(2)3;1-2(3)4;/h2*4H,1H2,2-3H3;1H3,(H,3,4);/q;;;+1/p-1. The Morgan fingerprint density at radius 3 is 1.54 bits per heavy atom. The summed E-state index contributed by atoms with van der Waals surface area (Å²) in [6.07, 6.45) is 0. The van der Waals surface area contributed by atoms with Crippen LogP contribution in [0.4, 0.5) is 0 Å². The minimum atomic E-state index is -1.08. The molecule has 3 heteroatoms. The molecule has 0 spiro atoms. The van der Waals surface area contributed by atoms with E-state index in [2.05, 4.69) is 27.7 Å². The summed E-state index contributed by atoms with van der Waals surface area (Å²) >= 11 is 0.755.